The standard InChI is InChI=1S/C11H16BrN3O/c1-13-7-10-8-15(4-5-16-10)11-3-2-9(12)6-14-11/h2-3,6,10,13H,4-5,7-8H2,1H3. The number of aromatic nitrogens is 1. The molecule has 4 nitrogen and oxygen atoms in total. The van der Waals surface area contributed by atoms with Gasteiger partial charge in [0.15, 0.2) is 0 Å². The SMILES string of the molecule is CNCC1CN(c2ccc(Br)cn2)CCO1. The van der Waals surface area contributed by atoms with Crippen LogP contribution in [0, 0.1) is 0 Å². The van der Waals surface area contributed by atoms with Crippen LogP contribution in [0.3, 0.4) is 0 Å². The van der Waals surface area contributed by atoms with Crippen molar-refractivity contribution in [2.45, 2.75) is 6.10 Å². The number of ether oxygens (including phenoxy) is 1. The number of likely N-dealkylation sites (N-methyl/N-ethyl adjacent to an activating group) is 1. The summed E-state index contributed by atoms with van der Waals surface area (Å²) in [5.74, 6) is 1.02. The minimum Gasteiger partial charge on any atom is -0.373 e. The Labute approximate surface area is 104 Å². The van der Waals surface area contributed by atoms with Gasteiger partial charge >= 0.3 is 0 Å². The summed E-state index contributed by atoms with van der Waals surface area (Å²) in [4.78, 5) is 6.66. The normalized spacial score (nSPS) is 21.1. The maximum Gasteiger partial charge on any atom is 0.128 e. The molecule has 0 spiro atoms. The third-order valence-corrected chi connectivity index (χ3v) is 3.08. The summed E-state index contributed by atoms with van der Waals surface area (Å²) in [6.45, 7) is 3.46. The summed E-state index contributed by atoms with van der Waals surface area (Å²) in [5.41, 5.74) is 0. The second-order valence-electron chi connectivity index (χ2n) is 3.83. The highest BCUT2D eigenvalue weighted by molar-refractivity contribution is 9.10. The molecular weight excluding hydrogens is 270 g/mol. The van der Waals surface area contributed by atoms with Crippen molar-refractivity contribution in [1.29, 1.82) is 0 Å². The van der Waals surface area contributed by atoms with Crippen molar-refractivity contribution in [3.63, 3.8) is 0 Å². The summed E-state index contributed by atoms with van der Waals surface area (Å²) < 4.78 is 6.66. The Balaban J connectivity index is 2.01. The highest BCUT2D eigenvalue weighted by Crippen LogP contribution is 2.17. The molecule has 1 aliphatic rings. The fraction of sp³-hybridized carbons (Fsp3) is 0.545. The number of rotatable bonds is 3. The molecule has 5 heteroatoms. The van der Waals surface area contributed by atoms with E-state index < -0.39 is 0 Å². The maximum atomic E-state index is 5.65. The van der Waals surface area contributed by atoms with Gasteiger partial charge in [-0.05, 0) is 35.1 Å². The van der Waals surface area contributed by atoms with Gasteiger partial charge in [0, 0.05) is 30.3 Å². The summed E-state index contributed by atoms with van der Waals surface area (Å²) in [7, 11) is 1.94. The largest absolute Gasteiger partial charge is 0.373 e. The first kappa shape index (κ1) is 11.8. The van der Waals surface area contributed by atoms with Crippen LogP contribution in [-0.2, 0) is 4.74 Å². The minimum absolute atomic E-state index is 0.254. The van der Waals surface area contributed by atoms with Crippen LogP contribution in [0.2, 0.25) is 0 Å². The zero-order valence-electron chi connectivity index (χ0n) is 9.32. The smallest absolute Gasteiger partial charge is 0.128 e. The highest BCUT2D eigenvalue weighted by Gasteiger charge is 2.20. The molecule has 2 heterocycles. The number of nitrogens with one attached hydrogen (secondary N) is 1. The fourth-order valence-electron chi connectivity index (χ4n) is 1.83. The molecule has 0 saturated carbocycles. The van der Waals surface area contributed by atoms with Crippen LogP contribution >= 0.6 is 15.9 Å². The second-order valence-corrected chi connectivity index (χ2v) is 4.75. The average Bonchev–Trinajstić information content (AvgIpc) is 2.31. The second kappa shape index (κ2) is 5.61. The van der Waals surface area contributed by atoms with Crippen molar-refractivity contribution in [2.75, 3.05) is 38.2 Å². The number of halogens is 1. The Morgan fingerprint density at radius 1 is 1.62 bits per heavy atom. The van der Waals surface area contributed by atoms with Gasteiger partial charge in [0.05, 0.1) is 12.7 Å². The topological polar surface area (TPSA) is 37.4 Å². The van der Waals surface area contributed by atoms with Gasteiger partial charge in [0.2, 0.25) is 0 Å². The molecule has 88 valence electrons. The van der Waals surface area contributed by atoms with Crippen LogP contribution in [0.5, 0.6) is 0 Å². The van der Waals surface area contributed by atoms with Crippen LogP contribution in [-0.4, -0.2) is 44.4 Å². The number of pyridine rings is 1. The maximum absolute atomic E-state index is 5.65. The van der Waals surface area contributed by atoms with Gasteiger partial charge < -0.3 is 15.0 Å². The molecule has 0 radical (unpaired) electrons. The summed E-state index contributed by atoms with van der Waals surface area (Å²) in [6.07, 6.45) is 2.09. The van der Waals surface area contributed by atoms with Crippen molar-refractivity contribution in [2.24, 2.45) is 0 Å². The van der Waals surface area contributed by atoms with Gasteiger partial charge in [-0.25, -0.2) is 4.98 Å². The average molecular weight is 286 g/mol. The Morgan fingerprint density at radius 2 is 2.50 bits per heavy atom. The van der Waals surface area contributed by atoms with Crippen LogP contribution in [0.25, 0.3) is 0 Å². The molecule has 1 N–H and O–H groups in total. The predicted octanol–water partition coefficient (Wildman–Crippen LogP) is 1.27. The van der Waals surface area contributed by atoms with E-state index in [0.717, 1.165) is 36.5 Å². The van der Waals surface area contributed by atoms with Crippen LogP contribution in [0.4, 0.5) is 5.82 Å². The number of hydrogen-bond donors (Lipinski definition) is 1. The highest BCUT2D eigenvalue weighted by atomic mass is 79.9. The minimum atomic E-state index is 0.254. The van der Waals surface area contributed by atoms with Gasteiger partial charge in [-0.15, -0.1) is 0 Å². The van der Waals surface area contributed by atoms with Gasteiger partial charge in [0.1, 0.15) is 5.82 Å². The zero-order chi connectivity index (χ0) is 11.4. The molecule has 16 heavy (non-hydrogen) atoms. The molecule has 1 aromatic rings. The third-order valence-electron chi connectivity index (χ3n) is 2.61. The summed E-state index contributed by atoms with van der Waals surface area (Å²) in [5, 5.41) is 3.14. The van der Waals surface area contributed by atoms with E-state index in [0.29, 0.717) is 0 Å². The Morgan fingerprint density at radius 3 is 3.19 bits per heavy atom. The summed E-state index contributed by atoms with van der Waals surface area (Å²) >= 11 is 3.39. The fourth-order valence-corrected chi connectivity index (χ4v) is 2.07. The molecule has 0 bridgehead atoms. The molecule has 0 aliphatic carbocycles. The Kier molecular flexibility index (Phi) is 4.15. The van der Waals surface area contributed by atoms with Crippen LogP contribution < -0.4 is 10.2 Å². The molecule has 2 rings (SSSR count). The number of hydrogen-bond acceptors (Lipinski definition) is 4. The predicted molar refractivity (Wildman–Crippen MR) is 67.8 cm³/mol. The van der Waals surface area contributed by atoms with Crippen molar-refractivity contribution >= 4 is 21.7 Å². The molecular formula is C11H16BrN3O. The first-order valence-corrected chi connectivity index (χ1v) is 6.21. The Bertz CT molecular complexity index is 329. The van der Waals surface area contributed by atoms with Crippen molar-refractivity contribution in [3.8, 4) is 0 Å². The van der Waals surface area contributed by atoms with Gasteiger partial charge in [-0.3, -0.25) is 0 Å². The van der Waals surface area contributed by atoms with E-state index in [1.165, 1.54) is 0 Å². The molecule has 1 saturated heterocycles. The monoisotopic (exact) mass is 285 g/mol. The first-order valence-electron chi connectivity index (χ1n) is 5.42. The van der Waals surface area contributed by atoms with Crippen LogP contribution in [0.15, 0.2) is 22.8 Å². The molecule has 0 amide bonds. The molecule has 1 aromatic heterocycles. The third kappa shape index (κ3) is 2.93. The molecule has 1 unspecified atom stereocenters. The van der Waals surface area contributed by atoms with Crippen molar-refractivity contribution < 1.29 is 4.74 Å². The lowest BCUT2D eigenvalue weighted by atomic mass is 10.2. The first-order chi connectivity index (χ1) is 7.79. The lowest BCUT2D eigenvalue weighted by Gasteiger charge is -2.33. The lowest BCUT2D eigenvalue weighted by Crippen LogP contribution is -2.46. The van der Waals surface area contributed by atoms with Gasteiger partial charge in [0.25, 0.3) is 0 Å². The number of nitrogens with zero attached hydrogens (tertiary/aromatic N) is 2. The van der Waals surface area contributed by atoms with Crippen molar-refractivity contribution in [1.82, 2.24) is 10.3 Å². The molecule has 1 atom stereocenters. The Hall–Kier alpha value is -0.650. The van der Waals surface area contributed by atoms with E-state index in [4.69, 9.17) is 4.74 Å². The van der Waals surface area contributed by atoms with E-state index in [-0.39, 0.29) is 6.10 Å². The van der Waals surface area contributed by atoms with E-state index in [1.54, 1.807) is 0 Å². The number of anilines is 1. The number of morpholine rings is 1. The zero-order valence-corrected chi connectivity index (χ0v) is 10.9. The summed E-state index contributed by atoms with van der Waals surface area (Å²) in [6, 6.07) is 4.05. The van der Waals surface area contributed by atoms with Gasteiger partial charge in [-0.1, -0.05) is 0 Å². The van der Waals surface area contributed by atoms with Gasteiger partial charge in [-0.2, -0.15) is 0 Å². The van der Waals surface area contributed by atoms with Crippen LogP contribution in [0.1, 0.15) is 0 Å². The van der Waals surface area contributed by atoms with E-state index in [9.17, 15) is 0 Å². The van der Waals surface area contributed by atoms with E-state index in [1.807, 2.05) is 25.4 Å². The lowest BCUT2D eigenvalue weighted by molar-refractivity contribution is 0.0419. The van der Waals surface area contributed by atoms with Crippen molar-refractivity contribution in [3.05, 3.63) is 22.8 Å². The molecule has 1 fully saturated rings. The molecule has 0 aromatic carbocycles. The quantitative estimate of drug-likeness (QED) is 0.908. The van der Waals surface area contributed by atoms with E-state index >= 15 is 0 Å². The van der Waals surface area contributed by atoms with E-state index in [2.05, 4.69) is 31.1 Å². The molecule has 1 aliphatic heterocycles.